The minimum atomic E-state index is -0.185. The maximum absolute atomic E-state index is 14.0. The van der Waals surface area contributed by atoms with Crippen molar-refractivity contribution in [2.24, 2.45) is 0 Å². The molecule has 3 rings (SSSR count). The van der Waals surface area contributed by atoms with E-state index in [-0.39, 0.29) is 11.7 Å². The summed E-state index contributed by atoms with van der Waals surface area (Å²) in [5.74, 6) is 0.0890. The summed E-state index contributed by atoms with van der Waals surface area (Å²) >= 11 is 5.81. The highest BCUT2D eigenvalue weighted by Gasteiger charge is 2.24. The van der Waals surface area contributed by atoms with Gasteiger partial charge in [-0.15, -0.1) is 0 Å². The lowest BCUT2D eigenvalue weighted by Crippen LogP contribution is -2.33. The molecule has 0 unspecified atom stereocenters. The van der Waals surface area contributed by atoms with Crippen molar-refractivity contribution in [2.45, 2.75) is 25.7 Å². The van der Waals surface area contributed by atoms with Crippen molar-refractivity contribution in [3.05, 3.63) is 46.5 Å². The molecule has 0 spiro atoms. The van der Waals surface area contributed by atoms with E-state index in [1.807, 2.05) is 19.2 Å². The highest BCUT2D eigenvalue weighted by Crippen LogP contribution is 2.33. The van der Waals surface area contributed by atoms with Crippen LogP contribution >= 0.6 is 11.6 Å². The Morgan fingerprint density at radius 1 is 1.35 bits per heavy atom. The lowest BCUT2D eigenvalue weighted by molar-refractivity contribution is 0.481. The smallest absolute Gasteiger partial charge is 0.128 e. The highest BCUT2D eigenvalue weighted by atomic mass is 35.5. The van der Waals surface area contributed by atoms with E-state index in [4.69, 9.17) is 11.6 Å². The van der Waals surface area contributed by atoms with Gasteiger partial charge >= 0.3 is 0 Å². The van der Waals surface area contributed by atoms with E-state index < -0.39 is 0 Å². The summed E-state index contributed by atoms with van der Waals surface area (Å²) in [6, 6.07) is 5.00. The predicted octanol–water partition coefficient (Wildman–Crippen LogP) is 3.89. The summed E-state index contributed by atoms with van der Waals surface area (Å²) in [5, 5.41) is 7.49. The number of hydrogen-bond donors (Lipinski definition) is 1. The molecule has 3 nitrogen and oxygen atoms in total. The molecule has 5 heteroatoms. The van der Waals surface area contributed by atoms with Crippen LogP contribution in [0.2, 0.25) is 5.02 Å². The zero-order valence-corrected chi connectivity index (χ0v) is 12.1. The average Bonchev–Trinajstić information content (AvgIpc) is 2.85. The Hall–Kier alpha value is -1.55. The van der Waals surface area contributed by atoms with Crippen LogP contribution in [0.4, 0.5) is 10.1 Å². The minimum Gasteiger partial charge on any atom is -0.369 e. The summed E-state index contributed by atoms with van der Waals surface area (Å²) in [4.78, 5) is 2.31. The Kier molecular flexibility index (Phi) is 3.66. The number of benzene rings is 1. The van der Waals surface area contributed by atoms with Gasteiger partial charge in [-0.3, -0.25) is 5.10 Å². The van der Waals surface area contributed by atoms with Crippen LogP contribution in [0.25, 0.3) is 0 Å². The number of piperidine rings is 1. The molecular formula is C15H17ClFN3. The van der Waals surface area contributed by atoms with Crippen molar-refractivity contribution < 1.29 is 4.39 Å². The summed E-state index contributed by atoms with van der Waals surface area (Å²) in [5.41, 5.74) is 2.96. The van der Waals surface area contributed by atoms with Crippen LogP contribution in [0.5, 0.6) is 0 Å². The third-order valence-electron chi connectivity index (χ3n) is 4.04. The second-order valence-corrected chi connectivity index (χ2v) is 5.72. The van der Waals surface area contributed by atoms with Crippen LogP contribution in [0.1, 0.15) is 30.0 Å². The SMILES string of the molecule is Cc1n[nH]cc1N1CCC(c2ccc(Cl)cc2F)CC1. The second kappa shape index (κ2) is 5.44. The van der Waals surface area contributed by atoms with Crippen molar-refractivity contribution >= 4 is 17.3 Å². The zero-order valence-electron chi connectivity index (χ0n) is 11.4. The Labute approximate surface area is 122 Å². The number of aromatic amines is 1. The molecule has 0 bridgehead atoms. The number of halogens is 2. The quantitative estimate of drug-likeness (QED) is 0.911. The number of H-pyrrole nitrogens is 1. The molecule has 0 aliphatic carbocycles. The lowest BCUT2D eigenvalue weighted by Gasteiger charge is -2.33. The number of nitrogens with zero attached hydrogens (tertiary/aromatic N) is 2. The van der Waals surface area contributed by atoms with Crippen LogP contribution < -0.4 is 4.90 Å². The first-order chi connectivity index (χ1) is 9.65. The number of nitrogens with one attached hydrogen (secondary N) is 1. The van der Waals surface area contributed by atoms with Gasteiger partial charge in [-0.25, -0.2) is 4.39 Å². The van der Waals surface area contributed by atoms with Crippen molar-refractivity contribution in [1.82, 2.24) is 10.2 Å². The number of hydrogen-bond acceptors (Lipinski definition) is 2. The monoisotopic (exact) mass is 293 g/mol. The maximum Gasteiger partial charge on any atom is 0.128 e. The zero-order chi connectivity index (χ0) is 14.1. The minimum absolute atomic E-state index is 0.185. The summed E-state index contributed by atoms with van der Waals surface area (Å²) in [6.07, 6.45) is 3.82. The average molecular weight is 294 g/mol. The molecule has 0 saturated carbocycles. The van der Waals surface area contributed by atoms with Gasteiger partial charge < -0.3 is 4.90 Å². The highest BCUT2D eigenvalue weighted by molar-refractivity contribution is 6.30. The van der Waals surface area contributed by atoms with Gasteiger partial charge in [0.05, 0.1) is 11.4 Å². The van der Waals surface area contributed by atoms with Crippen molar-refractivity contribution in [3.63, 3.8) is 0 Å². The third-order valence-corrected chi connectivity index (χ3v) is 4.28. The third kappa shape index (κ3) is 2.52. The molecule has 2 heterocycles. The molecule has 2 aromatic rings. The Morgan fingerprint density at radius 2 is 2.10 bits per heavy atom. The first-order valence-electron chi connectivity index (χ1n) is 6.85. The van der Waals surface area contributed by atoms with Crippen LogP contribution in [0.3, 0.4) is 0 Å². The Bertz CT molecular complexity index is 603. The molecule has 1 saturated heterocycles. The molecule has 1 aliphatic rings. The molecule has 20 heavy (non-hydrogen) atoms. The summed E-state index contributed by atoms with van der Waals surface area (Å²) in [7, 11) is 0. The number of anilines is 1. The lowest BCUT2D eigenvalue weighted by atomic mass is 9.89. The van der Waals surface area contributed by atoms with Crippen LogP contribution in [-0.4, -0.2) is 23.3 Å². The topological polar surface area (TPSA) is 31.9 Å². The maximum atomic E-state index is 14.0. The van der Waals surface area contributed by atoms with Gasteiger partial charge in [0.15, 0.2) is 0 Å². The largest absolute Gasteiger partial charge is 0.369 e. The summed E-state index contributed by atoms with van der Waals surface area (Å²) in [6.45, 7) is 3.84. The van der Waals surface area contributed by atoms with E-state index in [1.165, 1.54) is 6.07 Å². The molecule has 106 valence electrons. The van der Waals surface area contributed by atoms with Gasteiger partial charge in [-0.05, 0) is 43.4 Å². The first-order valence-corrected chi connectivity index (χ1v) is 7.23. The predicted molar refractivity (Wildman–Crippen MR) is 78.9 cm³/mol. The molecule has 1 aromatic carbocycles. The van der Waals surface area contributed by atoms with Gasteiger partial charge in [0.25, 0.3) is 0 Å². The first kappa shape index (κ1) is 13.4. The molecule has 1 N–H and O–H groups in total. The van der Waals surface area contributed by atoms with Crippen molar-refractivity contribution in [1.29, 1.82) is 0 Å². The molecule has 0 amide bonds. The fourth-order valence-corrected chi connectivity index (χ4v) is 3.09. The van der Waals surface area contributed by atoms with Gasteiger partial charge in [-0.1, -0.05) is 17.7 Å². The standard InChI is InChI=1S/C15H17ClFN3/c1-10-15(9-18-19-10)20-6-4-11(5-7-20)13-3-2-12(16)8-14(13)17/h2-3,8-9,11H,4-7H2,1H3,(H,18,19). The van der Waals surface area contributed by atoms with E-state index in [0.29, 0.717) is 5.02 Å². The molecule has 0 radical (unpaired) electrons. The number of rotatable bonds is 2. The van der Waals surface area contributed by atoms with Crippen LogP contribution in [-0.2, 0) is 0 Å². The van der Waals surface area contributed by atoms with E-state index in [0.717, 1.165) is 42.9 Å². The van der Waals surface area contributed by atoms with Gasteiger partial charge in [-0.2, -0.15) is 5.10 Å². The van der Waals surface area contributed by atoms with Crippen LogP contribution in [0.15, 0.2) is 24.4 Å². The fraction of sp³-hybridized carbons (Fsp3) is 0.400. The number of aryl methyl sites for hydroxylation is 1. The fourth-order valence-electron chi connectivity index (χ4n) is 2.94. The Morgan fingerprint density at radius 3 is 2.70 bits per heavy atom. The van der Waals surface area contributed by atoms with Crippen LogP contribution in [0, 0.1) is 12.7 Å². The molecule has 1 fully saturated rings. The second-order valence-electron chi connectivity index (χ2n) is 5.28. The van der Waals surface area contributed by atoms with Gasteiger partial charge in [0, 0.05) is 24.3 Å². The normalized spacial score (nSPS) is 16.6. The molecule has 1 aliphatic heterocycles. The van der Waals surface area contributed by atoms with E-state index in [9.17, 15) is 4.39 Å². The molecule has 1 aromatic heterocycles. The number of aromatic nitrogens is 2. The van der Waals surface area contributed by atoms with E-state index in [2.05, 4.69) is 15.1 Å². The van der Waals surface area contributed by atoms with E-state index in [1.54, 1.807) is 6.07 Å². The van der Waals surface area contributed by atoms with E-state index >= 15 is 0 Å². The Balaban J connectivity index is 1.71. The van der Waals surface area contributed by atoms with Crippen molar-refractivity contribution in [3.8, 4) is 0 Å². The molecular weight excluding hydrogens is 277 g/mol. The van der Waals surface area contributed by atoms with Crippen molar-refractivity contribution in [2.75, 3.05) is 18.0 Å². The molecule has 0 atom stereocenters. The summed E-state index contributed by atoms with van der Waals surface area (Å²) < 4.78 is 14.0. The van der Waals surface area contributed by atoms with Gasteiger partial charge in [0.1, 0.15) is 5.82 Å². The van der Waals surface area contributed by atoms with Gasteiger partial charge in [0.2, 0.25) is 0 Å².